The van der Waals surface area contributed by atoms with E-state index in [2.05, 4.69) is 5.32 Å². The van der Waals surface area contributed by atoms with Gasteiger partial charge in [-0.05, 0) is 68.3 Å². The van der Waals surface area contributed by atoms with Crippen LogP contribution in [0.5, 0.6) is 0 Å². The van der Waals surface area contributed by atoms with Crippen molar-refractivity contribution in [1.29, 1.82) is 0 Å². The second-order valence-electron chi connectivity index (χ2n) is 8.51. The number of benzene rings is 1. The van der Waals surface area contributed by atoms with Crippen LogP contribution in [0.25, 0.3) is 0 Å². The number of piperidine rings is 1. The maximum atomic E-state index is 14.2. The van der Waals surface area contributed by atoms with Crippen LogP contribution in [0.4, 0.5) is 23.2 Å². The largest absolute Gasteiger partial charge is 0.481 e. The second-order valence-corrected chi connectivity index (χ2v) is 8.51. The first-order valence-corrected chi connectivity index (χ1v) is 10.1. The zero-order valence-electron chi connectivity index (χ0n) is 16.8. The molecule has 30 heavy (non-hydrogen) atoms. The molecule has 9 heteroatoms. The van der Waals surface area contributed by atoms with Crippen LogP contribution in [0.3, 0.4) is 0 Å². The van der Waals surface area contributed by atoms with E-state index in [4.69, 9.17) is 5.11 Å². The number of nitrogens with one attached hydrogen (secondary N) is 1. The molecule has 1 spiro atoms. The van der Waals surface area contributed by atoms with Crippen LogP contribution >= 0.6 is 0 Å². The van der Waals surface area contributed by atoms with Gasteiger partial charge in [0.25, 0.3) is 0 Å². The minimum atomic E-state index is -4.57. The molecule has 0 radical (unpaired) electrons. The highest BCUT2D eigenvalue weighted by atomic mass is 19.4. The predicted molar refractivity (Wildman–Crippen MR) is 102 cm³/mol. The van der Waals surface area contributed by atoms with Crippen molar-refractivity contribution in [3.8, 4) is 0 Å². The fourth-order valence-corrected chi connectivity index (χ4v) is 4.12. The smallest absolute Gasteiger partial charge is 0.393 e. The van der Waals surface area contributed by atoms with E-state index in [1.807, 2.05) is 0 Å². The Kier molecular flexibility index (Phi) is 6.40. The third-order valence-corrected chi connectivity index (χ3v) is 6.38. The average Bonchev–Trinajstić information content (AvgIpc) is 3.42. The minimum absolute atomic E-state index is 0.120. The Bertz CT molecular complexity index is 798. The number of carboxylic acids is 1. The number of alkyl halides is 3. The van der Waals surface area contributed by atoms with Crippen LogP contribution in [-0.4, -0.2) is 47.2 Å². The number of anilines is 1. The summed E-state index contributed by atoms with van der Waals surface area (Å²) in [6.45, 7) is 1.78. The Morgan fingerprint density at radius 2 is 1.83 bits per heavy atom. The van der Waals surface area contributed by atoms with Crippen molar-refractivity contribution in [2.45, 2.75) is 57.7 Å². The van der Waals surface area contributed by atoms with Gasteiger partial charge in [0.05, 0.1) is 11.6 Å². The lowest BCUT2D eigenvalue weighted by Gasteiger charge is -2.40. The molecule has 1 saturated carbocycles. The van der Waals surface area contributed by atoms with Crippen molar-refractivity contribution >= 4 is 17.6 Å². The summed E-state index contributed by atoms with van der Waals surface area (Å²) < 4.78 is 54.7. The van der Waals surface area contributed by atoms with Crippen LogP contribution in [0.2, 0.25) is 0 Å². The van der Waals surface area contributed by atoms with Gasteiger partial charge in [0.15, 0.2) is 0 Å². The van der Waals surface area contributed by atoms with E-state index < -0.39 is 35.8 Å². The van der Waals surface area contributed by atoms with E-state index in [-0.39, 0.29) is 23.9 Å². The molecule has 1 heterocycles. The molecular weight excluding hydrogens is 404 g/mol. The molecule has 1 aliphatic carbocycles. The summed E-state index contributed by atoms with van der Waals surface area (Å²) in [6, 6.07) is 2.29. The van der Waals surface area contributed by atoms with E-state index in [1.165, 1.54) is 12.1 Å². The Morgan fingerprint density at radius 3 is 2.37 bits per heavy atom. The first kappa shape index (κ1) is 22.5. The number of amides is 1. The SMILES string of the molecule is CC(C(C(=O)Nc1cc(CCC(=O)O)ccc1F)N1CCC2(CC1)CC2)C(F)(F)F. The van der Waals surface area contributed by atoms with Crippen LogP contribution in [0.1, 0.15) is 44.6 Å². The summed E-state index contributed by atoms with van der Waals surface area (Å²) in [7, 11) is 0. The number of hydrogen-bond acceptors (Lipinski definition) is 3. The third kappa shape index (κ3) is 5.30. The number of carbonyl (C=O) groups is 2. The summed E-state index contributed by atoms with van der Waals surface area (Å²) in [6.07, 6.45) is -0.932. The molecule has 0 bridgehead atoms. The average molecular weight is 430 g/mol. The van der Waals surface area contributed by atoms with E-state index >= 15 is 0 Å². The first-order valence-electron chi connectivity index (χ1n) is 10.1. The van der Waals surface area contributed by atoms with Gasteiger partial charge >= 0.3 is 12.1 Å². The number of aliphatic carboxylic acids is 1. The zero-order chi connectivity index (χ0) is 22.1. The summed E-state index contributed by atoms with van der Waals surface area (Å²) >= 11 is 0. The fourth-order valence-electron chi connectivity index (χ4n) is 4.12. The molecule has 1 amide bonds. The summed E-state index contributed by atoms with van der Waals surface area (Å²) in [5.41, 5.74) is 0.477. The lowest BCUT2D eigenvalue weighted by molar-refractivity contribution is -0.189. The molecule has 0 aromatic heterocycles. The molecule has 1 aromatic carbocycles. The quantitative estimate of drug-likeness (QED) is 0.636. The molecule has 3 rings (SSSR count). The third-order valence-electron chi connectivity index (χ3n) is 6.38. The maximum absolute atomic E-state index is 14.2. The summed E-state index contributed by atoms with van der Waals surface area (Å²) in [5.74, 6) is -4.62. The molecule has 2 N–H and O–H groups in total. The topological polar surface area (TPSA) is 69.6 Å². The molecule has 1 aromatic rings. The highest BCUT2D eigenvalue weighted by Gasteiger charge is 2.50. The summed E-state index contributed by atoms with van der Waals surface area (Å²) in [5, 5.41) is 11.1. The van der Waals surface area contributed by atoms with Crippen LogP contribution in [0, 0.1) is 17.2 Å². The van der Waals surface area contributed by atoms with Crippen molar-refractivity contribution < 1.29 is 32.3 Å². The van der Waals surface area contributed by atoms with Gasteiger partial charge in [0, 0.05) is 6.42 Å². The molecule has 1 aliphatic heterocycles. The Hall–Kier alpha value is -2.16. The van der Waals surface area contributed by atoms with Crippen molar-refractivity contribution in [1.82, 2.24) is 4.90 Å². The predicted octanol–water partition coefficient (Wildman–Crippen LogP) is 4.22. The normalized spacial score (nSPS) is 20.6. The number of carboxylic acid groups (broad SMARTS) is 1. The molecule has 166 valence electrons. The van der Waals surface area contributed by atoms with Gasteiger partial charge in [-0.15, -0.1) is 0 Å². The van der Waals surface area contributed by atoms with Gasteiger partial charge in [0.2, 0.25) is 5.91 Å². The molecule has 5 nitrogen and oxygen atoms in total. The van der Waals surface area contributed by atoms with Crippen molar-refractivity contribution in [3.63, 3.8) is 0 Å². The van der Waals surface area contributed by atoms with Crippen LogP contribution in [0.15, 0.2) is 18.2 Å². The van der Waals surface area contributed by atoms with Gasteiger partial charge in [-0.25, -0.2) is 4.39 Å². The van der Waals surface area contributed by atoms with Crippen LogP contribution < -0.4 is 5.32 Å². The Morgan fingerprint density at radius 1 is 1.20 bits per heavy atom. The van der Waals surface area contributed by atoms with Gasteiger partial charge in [0.1, 0.15) is 11.9 Å². The van der Waals surface area contributed by atoms with Crippen molar-refractivity contribution in [2.75, 3.05) is 18.4 Å². The van der Waals surface area contributed by atoms with Gasteiger partial charge in [-0.1, -0.05) is 13.0 Å². The van der Waals surface area contributed by atoms with E-state index in [0.29, 0.717) is 18.7 Å². The number of nitrogens with zero attached hydrogens (tertiary/aromatic N) is 1. The van der Waals surface area contributed by atoms with Gasteiger partial charge in [-0.3, -0.25) is 14.5 Å². The molecule has 2 aliphatic rings. The van der Waals surface area contributed by atoms with E-state index in [9.17, 15) is 27.2 Å². The van der Waals surface area contributed by atoms with Gasteiger partial charge < -0.3 is 10.4 Å². The van der Waals surface area contributed by atoms with Crippen LogP contribution in [-0.2, 0) is 16.0 Å². The molecule has 2 fully saturated rings. The molecule has 2 atom stereocenters. The highest BCUT2D eigenvalue weighted by molar-refractivity contribution is 5.95. The number of halogens is 4. The Labute approximate surface area is 172 Å². The highest BCUT2D eigenvalue weighted by Crippen LogP contribution is 2.54. The van der Waals surface area contributed by atoms with E-state index in [0.717, 1.165) is 38.7 Å². The summed E-state index contributed by atoms with van der Waals surface area (Å²) in [4.78, 5) is 25.2. The number of aryl methyl sites for hydroxylation is 1. The number of likely N-dealkylation sites (tertiary alicyclic amines) is 1. The lowest BCUT2D eigenvalue weighted by atomic mass is 9.90. The monoisotopic (exact) mass is 430 g/mol. The Balaban J connectivity index is 1.77. The zero-order valence-corrected chi connectivity index (χ0v) is 16.8. The van der Waals surface area contributed by atoms with Gasteiger partial charge in [-0.2, -0.15) is 13.2 Å². The second kappa shape index (κ2) is 8.53. The fraction of sp³-hybridized carbons (Fsp3) is 0.619. The number of rotatable bonds is 7. The van der Waals surface area contributed by atoms with Crippen molar-refractivity contribution in [3.05, 3.63) is 29.6 Å². The lowest BCUT2D eigenvalue weighted by Crippen LogP contribution is -2.54. The standard InChI is InChI=1S/C21H26F4N2O3/c1-13(21(23,24)25)18(27-10-8-20(6-7-20)9-11-27)19(30)26-16-12-14(2-4-15(16)22)3-5-17(28)29/h2,4,12-13,18H,3,5-11H2,1H3,(H,26,30)(H,28,29). The maximum Gasteiger partial charge on any atom is 0.393 e. The van der Waals surface area contributed by atoms with Crippen molar-refractivity contribution in [2.24, 2.45) is 11.3 Å². The molecule has 1 saturated heterocycles. The van der Waals surface area contributed by atoms with E-state index in [1.54, 1.807) is 4.90 Å². The minimum Gasteiger partial charge on any atom is -0.481 e. The first-order chi connectivity index (χ1) is 14.0. The number of carbonyl (C=O) groups excluding carboxylic acids is 1. The molecule has 2 unspecified atom stereocenters. The molecular formula is C21H26F4N2O3. The number of hydrogen-bond donors (Lipinski definition) is 2.